The van der Waals surface area contributed by atoms with Crippen LogP contribution in [-0.2, 0) is 0 Å². The van der Waals surface area contributed by atoms with Crippen molar-refractivity contribution in [3.63, 3.8) is 0 Å². The van der Waals surface area contributed by atoms with Gasteiger partial charge < -0.3 is 0 Å². The van der Waals surface area contributed by atoms with E-state index in [1.54, 1.807) is 42.2 Å². The number of hydrogen-bond donors (Lipinski definition) is 1. The molecule has 0 spiro atoms. The second kappa shape index (κ2) is 4.17. The highest BCUT2D eigenvalue weighted by Gasteiger charge is 2.13. The molecule has 0 saturated carbocycles. The van der Waals surface area contributed by atoms with Crippen LogP contribution in [0.3, 0.4) is 0 Å². The molecule has 0 unspecified atom stereocenters. The van der Waals surface area contributed by atoms with Crippen molar-refractivity contribution in [3.05, 3.63) is 58.7 Å². The summed E-state index contributed by atoms with van der Waals surface area (Å²) in [6.07, 6.45) is 6.69. The SMILES string of the molecule is O=c1c(-n2cccn2)cnc2c(-c3cccs3)c[nH]n12. The molecule has 0 saturated heterocycles. The lowest BCUT2D eigenvalue weighted by atomic mass is 10.3. The Hall–Kier alpha value is -2.67. The minimum atomic E-state index is -0.179. The first-order valence-electron chi connectivity index (χ1n) is 5.97. The molecule has 0 fully saturated rings. The van der Waals surface area contributed by atoms with Gasteiger partial charge in [0.15, 0.2) is 5.65 Å². The summed E-state index contributed by atoms with van der Waals surface area (Å²) < 4.78 is 2.94. The van der Waals surface area contributed by atoms with Gasteiger partial charge in [-0.3, -0.25) is 9.89 Å². The van der Waals surface area contributed by atoms with Crippen LogP contribution in [0.5, 0.6) is 0 Å². The Kier molecular flexibility index (Phi) is 2.33. The van der Waals surface area contributed by atoms with Gasteiger partial charge in [-0.1, -0.05) is 6.07 Å². The Morgan fingerprint density at radius 3 is 3.00 bits per heavy atom. The first-order chi connectivity index (χ1) is 9.84. The lowest BCUT2D eigenvalue weighted by Gasteiger charge is -2.01. The van der Waals surface area contributed by atoms with E-state index in [9.17, 15) is 4.79 Å². The Bertz CT molecular complexity index is 918. The van der Waals surface area contributed by atoms with Crippen LogP contribution in [-0.4, -0.2) is 24.4 Å². The van der Waals surface area contributed by atoms with Crippen LogP contribution >= 0.6 is 11.3 Å². The Labute approximate surface area is 116 Å². The summed E-state index contributed by atoms with van der Waals surface area (Å²) in [5.41, 5.74) is 1.77. The van der Waals surface area contributed by atoms with Crippen molar-refractivity contribution in [1.82, 2.24) is 24.4 Å². The highest BCUT2D eigenvalue weighted by molar-refractivity contribution is 7.13. The first kappa shape index (κ1) is 11.2. The molecule has 0 aromatic carbocycles. The van der Waals surface area contributed by atoms with E-state index in [0.717, 1.165) is 10.4 Å². The van der Waals surface area contributed by atoms with Crippen LogP contribution in [0.15, 0.2) is 53.2 Å². The van der Waals surface area contributed by atoms with Crippen molar-refractivity contribution in [1.29, 1.82) is 0 Å². The number of H-pyrrole nitrogens is 1. The Morgan fingerprint density at radius 2 is 2.25 bits per heavy atom. The molecule has 0 atom stereocenters. The fourth-order valence-corrected chi connectivity index (χ4v) is 2.87. The normalized spacial score (nSPS) is 11.2. The quantitative estimate of drug-likeness (QED) is 0.611. The van der Waals surface area contributed by atoms with Crippen molar-refractivity contribution in [2.45, 2.75) is 0 Å². The molecule has 0 aliphatic heterocycles. The third kappa shape index (κ3) is 1.53. The molecule has 4 aromatic rings. The number of aromatic amines is 1. The van der Waals surface area contributed by atoms with Gasteiger partial charge in [0.25, 0.3) is 5.56 Å². The van der Waals surface area contributed by atoms with Crippen molar-refractivity contribution < 1.29 is 0 Å². The van der Waals surface area contributed by atoms with Crippen LogP contribution < -0.4 is 5.56 Å². The molecular weight excluding hydrogens is 274 g/mol. The topological polar surface area (TPSA) is 68.0 Å². The van der Waals surface area contributed by atoms with Gasteiger partial charge in [-0.15, -0.1) is 11.3 Å². The maximum absolute atomic E-state index is 12.4. The Morgan fingerprint density at radius 1 is 1.30 bits per heavy atom. The number of rotatable bonds is 2. The van der Waals surface area contributed by atoms with Gasteiger partial charge in [0.05, 0.1) is 11.8 Å². The summed E-state index contributed by atoms with van der Waals surface area (Å²) in [6.45, 7) is 0. The average Bonchev–Trinajstić information content (AvgIpc) is 3.20. The van der Waals surface area contributed by atoms with E-state index in [2.05, 4.69) is 15.2 Å². The van der Waals surface area contributed by atoms with Crippen molar-refractivity contribution in [3.8, 4) is 16.1 Å². The molecule has 0 amide bonds. The number of aromatic nitrogens is 5. The largest absolute Gasteiger partial charge is 0.298 e. The van der Waals surface area contributed by atoms with Gasteiger partial charge in [-0.2, -0.15) is 9.61 Å². The highest BCUT2D eigenvalue weighted by atomic mass is 32.1. The van der Waals surface area contributed by atoms with E-state index in [1.807, 2.05) is 17.5 Å². The second-order valence-corrected chi connectivity index (χ2v) is 5.17. The molecule has 7 heteroatoms. The molecule has 98 valence electrons. The standard InChI is InChI=1S/C13H9N5OS/c19-13-10(17-5-2-4-15-17)8-14-12-9(7-16-18(12)13)11-3-1-6-20-11/h1-8,16H. The molecule has 1 N–H and O–H groups in total. The molecule has 0 aliphatic rings. The van der Waals surface area contributed by atoms with Crippen LogP contribution in [0.25, 0.3) is 21.8 Å². The smallest absolute Gasteiger partial charge is 0.296 e. The first-order valence-corrected chi connectivity index (χ1v) is 6.85. The molecule has 6 nitrogen and oxygen atoms in total. The van der Waals surface area contributed by atoms with Crippen LogP contribution in [0.4, 0.5) is 0 Å². The molecule has 4 aromatic heterocycles. The number of nitrogens with one attached hydrogen (secondary N) is 1. The predicted molar refractivity (Wildman–Crippen MR) is 76.2 cm³/mol. The molecule has 4 rings (SSSR count). The average molecular weight is 283 g/mol. The van der Waals surface area contributed by atoms with E-state index in [-0.39, 0.29) is 5.56 Å². The predicted octanol–water partition coefficient (Wildman–Crippen LogP) is 1.94. The number of fused-ring (bicyclic) bond motifs is 1. The van der Waals surface area contributed by atoms with E-state index in [1.165, 1.54) is 9.20 Å². The van der Waals surface area contributed by atoms with Gasteiger partial charge in [0.1, 0.15) is 5.69 Å². The van der Waals surface area contributed by atoms with Crippen molar-refractivity contribution in [2.24, 2.45) is 0 Å². The van der Waals surface area contributed by atoms with E-state index < -0.39 is 0 Å². The van der Waals surface area contributed by atoms with E-state index in [4.69, 9.17) is 0 Å². The number of thiophene rings is 1. The molecule has 4 heterocycles. The molecule has 0 radical (unpaired) electrons. The van der Waals surface area contributed by atoms with Gasteiger partial charge >= 0.3 is 0 Å². The van der Waals surface area contributed by atoms with Gasteiger partial charge in [-0.25, -0.2) is 9.67 Å². The van der Waals surface area contributed by atoms with E-state index in [0.29, 0.717) is 11.3 Å². The van der Waals surface area contributed by atoms with Crippen molar-refractivity contribution in [2.75, 3.05) is 0 Å². The third-order valence-corrected chi connectivity index (χ3v) is 3.96. The maximum atomic E-state index is 12.4. The molecular formula is C13H9N5OS. The minimum absolute atomic E-state index is 0.179. The molecule has 0 bridgehead atoms. The van der Waals surface area contributed by atoms with Gasteiger partial charge in [0, 0.05) is 23.5 Å². The van der Waals surface area contributed by atoms with Crippen LogP contribution in [0.1, 0.15) is 0 Å². The summed E-state index contributed by atoms with van der Waals surface area (Å²) in [5.74, 6) is 0. The Balaban J connectivity index is 1.98. The zero-order chi connectivity index (χ0) is 13.5. The maximum Gasteiger partial charge on any atom is 0.298 e. The molecule has 0 aliphatic carbocycles. The fraction of sp³-hybridized carbons (Fsp3) is 0. The number of hydrogen-bond acceptors (Lipinski definition) is 4. The van der Waals surface area contributed by atoms with Crippen molar-refractivity contribution >= 4 is 17.0 Å². The van der Waals surface area contributed by atoms with Crippen LogP contribution in [0, 0.1) is 0 Å². The summed E-state index contributed by atoms with van der Waals surface area (Å²) >= 11 is 1.61. The fourth-order valence-electron chi connectivity index (χ4n) is 2.13. The minimum Gasteiger partial charge on any atom is -0.296 e. The zero-order valence-corrected chi connectivity index (χ0v) is 11.0. The summed E-state index contributed by atoms with van der Waals surface area (Å²) in [5, 5.41) is 9.01. The second-order valence-electron chi connectivity index (χ2n) is 4.22. The monoisotopic (exact) mass is 283 g/mol. The third-order valence-electron chi connectivity index (χ3n) is 3.06. The summed E-state index contributed by atoms with van der Waals surface area (Å²) in [7, 11) is 0. The summed E-state index contributed by atoms with van der Waals surface area (Å²) in [4.78, 5) is 17.9. The highest BCUT2D eigenvalue weighted by Crippen LogP contribution is 2.26. The molecule has 20 heavy (non-hydrogen) atoms. The van der Waals surface area contributed by atoms with E-state index >= 15 is 0 Å². The van der Waals surface area contributed by atoms with Crippen LogP contribution in [0.2, 0.25) is 0 Å². The van der Waals surface area contributed by atoms with Gasteiger partial charge in [-0.05, 0) is 17.5 Å². The zero-order valence-electron chi connectivity index (χ0n) is 10.2. The lowest BCUT2D eigenvalue weighted by molar-refractivity contribution is 0.815. The summed E-state index contributed by atoms with van der Waals surface area (Å²) in [6, 6.07) is 5.74. The van der Waals surface area contributed by atoms with Gasteiger partial charge in [0.2, 0.25) is 0 Å². The lowest BCUT2D eigenvalue weighted by Crippen LogP contribution is -2.20. The number of nitrogens with zero attached hydrogens (tertiary/aromatic N) is 4.